The van der Waals surface area contributed by atoms with Crippen molar-refractivity contribution < 1.29 is 32.9 Å². The van der Waals surface area contributed by atoms with Crippen molar-refractivity contribution in [2.75, 3.05) is 0 Å². The molecule has 212 valence electrons. The van der Waals surface area contributed by atoms with Crippen molar-refractivity contribution in [2.24, 2.45) is 0 Å². The average Bonchev–Trinajstić information content (AvgIpc) is 3.29. The van der Waals surface area contributed by atoms with Crippen molar-refractivity contribution in [1.82, 2.24) is 14.5 Å². The van der Waals surface area contributed by atoms with E-state index in [-0.39, 0.29) is 59.0 Å². The van der Waals surface area contributed by atoms with E-state index in [0.717, 1.165) is 18.2 Å². The van der Waals surface area contributed by atoms with Gasteiger partial charge in [-0.05, 0) is 61.0 Å². The van der Waals surface area contributed by atoms with E-state index >= 15 is 8.78 Å². The van der Waals surface area contributed by atoms with Gasteiger partial charge >= 0.3 is 5.97 Å². The Morgan fingerprint density at radius 2 is 1.79 bits per heavy atom. The Morgan fingerprint density at radius 3 is 2.50 bits per heavy atom. The minimum Gasteiger partial charge on any atom is -0.478 e. The number of carboxylic acid groups (broad SMARTS) is 1. The summed E-state index contributed by atoms with van der Waals surface area (Å²) in [5, 5.41) is 28.3. The Morgan fingerprint density at radius 1 is 1.00 bits per heavy atom. The molecule has 2 heterocycles. The maximum Gasteiger partial charge on any atom is 0.335 e. The number of hydrogen-bond donors (Lipinski definition) is 2. The number of nitrogens with zero attached hydrogens (tertiary/aromatic N) is 4. The van der Waals surface area contributed by atoms with Crippen LogP contribution >= 0.6 is 0 Å². The van der Waals surface area contributed by atoms with E-state index < -0.39 is 29.5 Å². The highest BCUT2D eigenvalue weighted by Crippen LogP contribution is 2.28. The molecule has 0 unspecified atom stereocenters. The topological polar surface area (TPSA) is 121 Å². The molecule has 2 N–H and O–H groups in total. The SMILES string of the molecule is C[C@H](O)Cn1c(Cc2cc(F)c(-c3cccc(OCc4ccc(C#N)cc4F)n3)cc2F)nc2ccc(C(=O)O)cc21. The fourth-order valence-electron chi connectivity index (χ4n) is 4.53. The van der Waals surface area contributed by atoms with E-state index in [2.05, 4.69) is 9.97 Å². The van der Waals surface area contributed by atoms with Gasteiger partial charge in [0.25, 0.3) is 0 Å². The molecule has 11 heteroatoms. The standard InChI is InChI=1S/C31H23F3N4O4/c1-17(39)15-38-28-11-19(31(40)41)7-8-27(28)36-29(38)12-21-10-25(34)22(13-24(21)33)26-3-2-4-30(37-26)42-16-20-6-5-18(14-35)9-23(20)32/h2-11,13,17,39H,12,15-16H2,1H3,(H,40,41)/t17-/m0/s1. The molecular weight excluding hydrogens is 549 g/mol. The molecular formula is C31H23F3N4O4. The molecule has 3 aromatic carbocycles. The first-order valence-electron chi connectivity index (χ1n) is 12.8. The van der Waals surface area contributed by atoms with Gasteiger partial charge in [-0.25, -0.2) is 27.9 Å². The number of imidazole rings is 1. The molecule has 0 spiro atoms. The minimum atomic E-state index is -1.13. The van der Waals surface area contributed by atoms with Crippen molar-refractivity contribution in [3.8, 4) is 23.2 Å². The number of ether oxygens (including phenoxy) is 1. The van der Waals surface area contributed by atoms with Gasteiger partial charge in [0.1, 0.15) is 29.9 Å². The molecule has 0 fully saturated rings. The van der Waals surface area contributed by atoms with Gasteiger partial charge in [-0.3, -0.25) is 0 Å². The largest absolute Gasteiger partial charge is 0.478 e. The Bertz CT molecular complexity index is 1860. The van der Waals surface area contributed by atoms with Gasteiger partial charge < -0.3 is 19.5 Å². The smallest absolute Gasteiger partial charge is 0.335 e. The lowest BCUT2D eigenvalue weighted by atomic mass is 10.0. The van der Waals surface area contributed by atoms with Crippen LogP contribution in [-0.2, 0) is 19.6 Å². The number of fused-ring (bicyclic) bond motifs is 1. The molecule has 8 nitrogen and oxygen atoms in total. The Kier molecular flexibility index (Phi) is 7.91. The molecule has 0 aliphatic heterocycles. The zero-order valence-electron chi connectivity index (χ0n) is 22.2. The normalized spacial score (nSPS) is 11.8. The number of carboxylic acids is 1. The summed E-state index contributed by atoms with van der Waals surface area (Å²) in [6.07, 6.45) is -0.938. The summed E-state index contributed by atoms with van der Waals surface area (Å²) in [5.74, 6) is -2.83. The van der Waals surface area contributed by atoms with E-state index in [0.29, 0.717) is 16.9 Å². The number of aromatic nitrogens is 3. The molecule has 42 heavy (non-hydrogen) atoms. The number of pyridine rings is 1. The molecule has 1 atom stereocenters. The summed E-state index contributed by atoms with van der Waals surface area (Å²) in [4.78, 5) is 20.2. The fraction of sp³-hybridized carbons (Fsp3) is 0.161. The van der Waals surface area contributed by atoms with Crippen LogP contribution in [0.15, 0.2) is 66.7 Å². The molecule has 0 radical (unpaired) electrons. The van der Waals surface area contributed by atoms with Crippen molar-refractivity contribution in [1.29, 1.82) is 5.26 Å². The summed E-state index contributed by atoms with van der Waals surface area (Å²) < 4.78 is 52.0. The molecule has 5 aromatic rings. The number of halogens is 3. The van der Waals surface area contributed by atoms with E-state index in [4.69, 9.17) is 10.00 Å². The van der Waals surface area contributed by atoms with Gasteiger partial charge in [-0.1, -0.05) is 12.1 Å². The summed E-state index contributed by atoms with van der Waals surface area (Å²) >= 11 is 0. The Balaban J connectivity index is 1.41. The minimum absolute atomic E-state index is 0.000512. The van der Waals surface area contributed by atoms with E-state index in [1.165, 1.54) is 42.5 Å². The van der Waals surface area contributed by atoms with Crippen LogP contribution in [0, 0.1) is 28.8 Å². The van der Waals surface area contributed by atoms with E-state index in [9.17, 15) is 19.4 Å². The van der Waals surface area contributed by atoms with Crippen molar-refractivity contribution >= 4 is 17.0 Å². The van der Waals surface area contributed by atoms with Crippen LogP contribution in [0.5, 0.6) is 5.88 Å². The first-order valence-corrected chi connectivity index (χ1v) is 12.8. The highest BCUT2D eigenvalue weighted by molar-refractivity contribution is 5.92. The van der Waals surface area contributed by atoms with Crippen molar-refractivity contribution in [3.63, 3.8) is 0 Å². The zero-order valence-corrected chi connectivity index (χ0v) is 22.2. The maximum absolute atomic E-state index is 15.3. The number of carbonyl (C=O) groups is 1. The van der Waals surface area contributed by atoms with Crippen LogP contribution < -0.4 is 4.74 Å². The second-order valence-corrected chi connectivity index (χ2v) is 9.66. The Labute approximate surface area is 237 Å². The molecule has 0 bridgehead atoms. The van der Waals surface area contributed by atoms with Gasteiger partial charge in [-0.2, -0.15) is 5.26 Å². The van der Waals surface area contributed by atoms with Crippen LogP contribution in [-0.4, -0.2) is 36.8 Å². The first kappa shape index (κ1) is 28.3. The molecule has 5 rings (SSSR count). The number of rotatable bonds is 9. The molecule has 0 saturated heterocycles. The third-order valence-electron chi connectivity index (χ3n) is 6.56. The van der Waals surface area contributed by atoms with Crippen molar-refractivity contribution in [2.45, 2.75) is 32.6 Å². The summed E-state index contributed by atoms with van der Waals surface area (Å²) in [6, 6.07) is 16.7. The Hall–Kier alpha value is -5.21. The number of nitriles is 1. The quantitative estimate of drug-likeness (QED) is 0.235. The molecule has 0 aliphatic rings. The van der Waals surface area contributed by atoms with Crippen LogP contribution in [0.1, 0.15) is 39.8 Å². The second-order valence-electron chi connectivity index (χ2n) is 9.66. The lowest BCUT2D eigenvalue weighted by Gasteiger charge is -2.13. The lowest BCUT2D eigenvalue weighted by Crippen LogP contribution is -2.15. The molecule has 0 aliphatic carbocycles. The highest BCUT2D eigenvalue weighted by atomic mass is 19.1. The number of benzene rings is 3. The van der Waals surface area contributed by atoms with Gasteiger partial charge in [-0.15, -0.1) is 0 Å². The summed E-state index contributed by atoms with van der Waals surface area (Å²) in [5.41, 5.74) is 1.28. The van der Waals surface area contributed by atoms with Gasteiger partial charge in [0.15, 0.2) is 0 Å². The molecule has 0 saturated carbocycles. The number of aromatic carboxylic acids is 1. The summed E-state index contributed by atoms with van der Waals surface area (Å²) in [7, 11) is 0. The average molecular weight is 573 g/mol. The third kappa shape index (κ3) is 5.94. The molecule has 2 aromatic heterocycles. The maximum atomic E-state index is 15.3. The number of aliphatic hydroxyl groups is 1. The van der Waals surface area contributed by atoms with Gasteiger partial charge in [0.05, 0.1) is 46.6 Å². The van der Waals surface area contributed by atoms with Crippen LogP contribution in [0.2, 0.25) is 0 Å². The monoisotopic (exact) mass is 572 g/mol. The number of hydrogen-bond acceptors (Lipinski definition) is 6. The van der Waals surface area contributed by atoms with Crippen LogP contribution in [0.25, 0.3) is 22.3 Å². The van der Waals surface area contributed by atoms with Gasteiger partial charge in [0.2, 0.25) is 5.88 Å². The predicted octanol–water partition coefficient (Wildman–Crippen LogP) is 5.64. The van der Waals surface area contributed by atoms with Crippen molar-refractivity contribution in [3.05, 3.63) is 112 Å². The summed E-state index contributed by atoms with van der Waals surface area (Å²) in [6.45, 7) is 1.43. The fourth-order valence-corrected chi connectivity index (χ4v) is 4.53. The van der Waals surface area contributed by atoms with Crippen LogP contribution in [0.4, 0.5) is 13.2 Å². The lowest BCUT2D eigenvalue weighted by molar-refractivity contribution is 0.0697. The first-order chi connectivity index (χ1) is 20.1. The highest BCUT2D eigenvalue weighted by Gasteiger charge is 2.19. The third-order valence-corrected chi connectivity index (χ3v) is 6.56. The zero-order chi connectivity index (χ0) is 30.0. The second kappa shape index (κ2) is 11.7. The van der Waals surface area contributed by atoms with Gasteiger partial charge in [0, 0.05) is 23.6 Å². The van der Waals surface area contributed by atoms with E-state index in [1.54, 1.807) is 17.6 Å². The number of aliphatic hydroxyl groups excluding tert-OH is 1. The van der Waals surface area contributed by atoms with Crippen LogP contribution in [0.3, 0.4) is 0 Å². The van der Waals surface area contributed by atoms with E-state index in [1.807, 2.05) is 6.07 Å². The molecule has 0 amide bonds. The predicted molar refractivity (Wildman–Crippen MR) is 146 cm³/mol.